The quantitative estimate of drug-likeness (QED) is 0.774. The first-order chi connectivity index (χ1) is 11.3. The number of benzene rings is 1. The van der Waals surface area contributed by atoms with E-state index in [9.17, 15) is 4.79 Å². The van der Waals surface area contributed by atoms with Crippen LogP contribution in [-0.2, 0) is 0 Å². The summed E-state index contributed by atoms with van der Waals surface area (Å²) in [5.74, 6) is 1.46. The van der Waals surface area contributed by atoms with E-state index in [-0.39, 0.29) is 11.9 Å². The van der Waals surface area contributed by atoms with Crippen molar-refractivity contribution in [2.45, 2.75) is 59.4 Å². The molecule has 1 fully saturated rings. The van der Waals surface area contributed by atoms with E-state index in [1.54, 1.807) is 6.07 Å². The number of rotatable bonds is 5. The standard InChI is InChI=1S/C21H31NO2/c1-15(2)14-24-19-8-6-7-16(13-19)20(23)22-18-11-9-17(10-12-18)21(3,4)5/h6-8,13,17-18H,1,9-12,14H2,2-5H3,(H,22,23). The van der Waals surface area contributed by atoms with Crippen molar-refractivity contribution in [2.24, 2.45) is 11.3 Å². The molecule has 24 heavy (non-hydrogen) atoms. The fourth-order valence-corrected chi connectivity index (χ4v) is 3.31. The molecule has 0 radical (unpaired) electrons. The topological polar surface area (TPSA) is 38.3 Å². The summed E-state index contributed by atoms with van der Waals surface area (Å²) in [6.07, 6.45) is 4.52. The predicted octanol–water partition coefficient (Wildman–Crippen LogP) is 4.98. The number of hydrogen-bond acceptors (Lipinski definition) is 2. The molecule has 3 nitrogen and oxygen atoms in total. The summed E-state index contributed by atoms with van der Waals surface area (Å²) in [4.78, 5) is 12.5. The summed E-state index contributed by atoms with van der Waals surface area (Å²) in [5, 5.41) is 3.19. The van der Waals surface area contributed by atoms with Crippen LogP contribution in [0, 0.1) is 11.3 Å². The van der Waals surface area contributed by atoms with Crippen LogP contribution in [0.25, 0.3) is 0 Å². The first-order valence-electron chi connectivity index (χ1n) is 8.94. The molecule has 1 aliphatic carbocycles. The van der Waals surface area contributed by atoms with E-state index in [0.717, 1.165) is 24.3 Å². The second-order valence-corrected chi connectivity index (χ2v) is 8.16. The molecular formula is C21H31NO2. The fourth-order valence-electron chi connectivity index (χ4n) is 3.31. The van der Waals surface area contributed by atoms with Gasteiger partial charge in [-0.05, 0) is 67.7 Å². The van der Waals surface area contributed by atoms with Gasteiger partial charge in [0.1, 0.15) is 12.4 Å². The van der Waals surface area contributed by atoms with Crippen LogP contribution in [-0.4, -0.2) is 18.6 Å². The Morgan fingerprint density at radius 1 is 1.25 bits per heavy atom. The summed E-state index contributed by atoms with van der Waals surface area (Å²) in [6.45, 7) is 13.2. The average molecular weight is 329 g/mol. The Morgan fingerprint density at radius 3 is 2.50 bits per heavy atom. The Balaban J connectivity index is 1.89. The summed E-state index contributed by atoms with van der Waals surface area (Å²) >= 11 is 0. The van der Waals surface area contributed by atoms with Crippen molar-refractivity contribution in [3.8, 4) is 5.75 Å². The minimum atomic E-state index is -0.00464. The average Bonchev–Trinajstić information content (AvgIpc) is 2.53. The molecule has 0 spiro atoms. The highest BCUT2D eigenvalue weighted by Gasteiger charge is 2.30. The highest BCUT2D eigenvalue weighted by Crippen LogP contribution is 2.37. The maximum atomic E-state index is 12.5. The normalized spacial score (nSPS) is 21.2. The van der Waals surface area contributed by atoms with Gasteiger partial charge in [-0.3, -0.25) is 4.79 Å². The van der Waals surface area contributed by atoms with Gasteiger partial charge in [0.25, 0.3) is 5.91 Å². The summed E-state index contributed by atoms with van der Waals surface area (Å²) in [5.41, 5.74) is 1.98. The van der Waals surface area contributed by atoms with Crippen LogP contribution in [0.4, 0.5) is 0 Å². The molecular weight excluding hydrogens is 298 g/mol. The minimum absolute atomic E-state index is 0.00464. The molecule has 0 atom stereocenters. The van der Waals surface area contributed by atoms with Gasteiger partial charge in [0.15, 0.2) is 0 Å². The largest absolute Gasteiger partial charge is 0.489 e. The second kappa shape index (κ2) is 7.87. The van der Waals surface area contributed by atoms with Crippen LogP contribution in [0.5, 0.6) is 5.75 Å². The predicted molar refractivity (Wildman–Crippen MR) is 99.4 cm³/mol. The zero-order chi connectivity index (χ0) is 17.7. The molecule has 2 rings (SSSR count). The molecule has 0 saturated heterocycles. The lowest BCUT2D eigenvalue weighted by molar-refractivity contribution is 0.0903. The number of ether oxygens (including phenoxy) is 1. The number of hydrogen-bond donors (Lipinski definition) is 1. The minimum Gasteiger partial charge on any atom is -0.489 e. The Morgan fingerprint density at radius 2 is 1.92 bits per heavy atom. The Bertz CT molecular complexity index is 578. The van der Waals surface area contributed by atoms with Crippen LogP contribution in [0.2, 0.25) is 0 Å². The van der Waals surface area contributed by atoms with Crippen LogP contribution in [0.3, 0.4) is 0 Å². The van der Waals surface area contributed by atoms with E-state index in [2.05, 4.69) is 32.7 Å². The van der Waals surface area contributed by atoms with E-state index < -0.39 is 0 Å². The fraction of sp³-hybridized carbons (Fsp3) is 0.571. The van der Waals surface area contributed by atoms with E-state index >= 15 is 0 Å². The van der Waals surface area contributed by atoms with Crippen molar-refractivity contribution in [3.05, 3.63) is 42.0 Å². The van der Waals surface area contributed by atoms with Crippen LogP contribution in [0.1, 0.15) is 63.7 Å². The monoisotopic (exact) mass is 329 g/mol. The Labute approximate surface area is 146 Å². The van der Waals surface area contributed by atoms with Crippen LogP contribution < -0.4 is 10.1 Å². The number of nitrogens with one attached hydrogen (secondary N) is 1. The number of amides is 1. The molecule has 1 amide bonds. The highest BCUT2D eigenvalue weighted by molar-refractivity contribution is 5.94. The highest BCUT2D eigenvalue weighted by atomic mass is 16.5. The van der Waals surface area contributed by atoms with Crippen molar-refractivity contribution in [1.82, 2.24) is 5.32 Å². The third-order valence-corrected chi connectivity index (χ3v) is 4.87. The Kier molecular flexibility index (Phi) is 6.09. The first-order valence-corrected chi connectivity index (χ1v) is 8.94. The maximum absolute atomic E-state index is 12.5. The van der Waals surface area contributed by atoms with E-state index in [1.807, 2.05) is 25.1 Å². The van der Waals surface area contributed by atoms with E-state index in [4.69, 9.17) is 4.74 Å². The van der Waals surface area contributed by atoms with Crippen LogP contribution >= 0.6 is 0 Å². The van der Waals surface area contributed by atoms with Crippen molar-refractivity contribution >= 4 is 5.91 Å². The van der Waals surface area contributed by atoms with Crippen molar-refractivity contribution in [2.75, 3.05) is 6.61 Å². The molecule has 1 aromatic rings. The van der Waals surface area contributed by atoms with Gasteiger partial charge in [-0.15, -0.1) is 0 Å². The SMILES string of the molecule is C=C(C)COc1cccc(C(=O)NC2CCC(C(C)(C)C)CC2)c1. The second-order valence-electron chi connectivity index (χ2n) is 8.16. The molecule has 0 heterocycles. The van der Waals surface area contributed by atoms with Gasteiger partial charge in [0, 0.05) is 11.6 Å². The smallest absolute Gasteiger partial charge is 0.251 e. The summed E-state index contributed by atoms with van der Waals surface area (Å²) in [7, 11) is 0. The van der Waals surface area contributed by atoms with Gasteiger partial charge >= 0.3 is 0 Å². The van der Waals surface area contributed by atoms with Gasteiger partial charge in [-0.25, -0.2) is 0 Å². The lowest BCUT2D eigenvalue weighted by Crippen LogP contribution is -2.39. The molecule has 0 aromatic heterocycles. The van der Waals surface area contributed by atoms with Gasteiger partial charge in [0.2, 0.25) is 0 Å². The van der Waals surface area contributed by atoms with Gasteiger partial charge in [0.05, 0.1) is 0 Å². The third kappa shape index (κ3) is 5.40. The molecule has 1 aromatic carbocycles. The molecule has 132 valence electrons. The van der Waals surface area contributed by atoms with E-state index in [0.29, 0.717) is 23.3 Å². The number of carbonyl (C=O) groups is 1. The van der Waals surface area contributed by atoms with Gasteiger partial charge < -0.3 is 10.1 Å². The lowest BCUT2D eigenvalue weighted by atomic mass is 9.71. The summed E-state index contributed by atoms with van der Waals surface area (Å²) in [6, 6.07) is 7.66. The molecule has 0 bridgehead atoms. The Hall–Kier alpha value is -1.77. The lowest BCUT2D eigenvalue weighted by Gasteiger charge is -2.37. The molecule has 0 aliphatic heterocycles. The van der Waals surface area contributed by atoms with Crippen molar-refractivity contribution in [3.63, 3.8) is 0 Å². The van der Waals surface area contributed by atoms with Gasteiger partial charge in [-0.2, -0.15) is 0 Å². The maximum Gasteiger partial charge on any atom is 0.251 e. The first kappa shape index (κ1) is 18.6. The van der Waals surface area contributed by atoms with Gasteiger partial charge in [-0.1, -0.05) is 33.4 Å². The molecule has 0 unspecified atom stereocenters. The molecule has 3 heteroatoms. The zero-order valence-corrected chi connectivity index (χ0v) is 15.5. The summed E-state index contributed by atoms with van der Waals surface area (Å²) < 4.78 is 5.62. The molecule has 1 aliphatic rings. The van der Waals surface area contributed by atoms with Crippen molar-refractivity contribution in [1.29, 1.82) is 0 Å². The molecule has 1 N–H and O–H groups in total. The van der Waals surface area contributed by atoms with Crippen LogP contribution in [0.15, 0.2) is 36.4 Å². The molecule has 1 saturated carbocycles. The van der Waals surface area contributed by atoms with E-state index in [1.165, 1.54) is 12.8 Å². The van der Waals surface area contributed by atoms with Crippen molar-refractivity contribution < 1.29 is 9.53 Å². The zero-order valence-electron chi connectivity index (χ0n) is 15.5. The third-order valence-electron chi connectivity index (χ3n) is 4.87. The number of carbonyl (C=O) groups excluding carboxylic acids is 1.